The summed E-state index contributed by atoms with van der Waals surface area (Å²) in [7, 11) is 0. The Hall–Kier alpha value is -1.12. The number of aromatic nitrogens is 1. The van der Waals surface area contributed by atoms with Crippen LogP contribution < -0.4 is 0 Å². The summed E-state index contributed by atoms with van der Waals surface area (Å²) in [5.41, 5.74) is 1.52. The van der Waals surface area contributed by atoms with Gasteiger partial charge in [-0.2, -0.15) is 0 Å². The molecule has 0 aliphatic heterocycles. The summed E-state index contributed by atoms with van der Waals surface area (Å²) in [5.74, 6) is 0.120. The Morgan fingerprint density at radius 2 is 2.40 bits per heavy atom. The smallest absolute Gasteiger partial charge is 0.185 e. The first-order chi connectivity index (χ1) is 4.88. The maximum atomic E-state index is 11.0. The zero-order valence-corrected chi connectivity index (χ0v) is 5.46. The van der Waals surface area contributed by atoms with E-state index in [1.54, 1.807) is 6.26 Å². The van der Waals surface area contributed by atoms with Gasteiger partial charge in [0.1, 0.15) is 6.26 Å². The van der Waals surface area contributed by atoms with Gasteiger partial charge in [0.15, 0.2) is 11.5 Å². The molecule has 0 bridgehead atoms. The lowest BCUT2D eigenvalue weighted by Gasteiger charge is -2.04. The van der Waals surface area contributed by atoms with Gasteiger partial charge in [-0.25, -0.2) is 0 Å². The second-order valence-electron chi connectivity index (χ2n) is 2.47. The van der Waals surface area contributed by atoms with Crippen LogP contribution in [0.25, 0.3) is 0 Å². The van der Waals surface area contributed by atoms with Crippen LogP contribution in [0.5, 0.6) is 0 Å². The SMILES string of the molecule is O=C1CCCc2conc21. The van der Waals surface area contributed by atoms with E-state index in [2.05, 4.69) is 9.68 Å². The van der Waals surface area contributed by atoms with Crippen LogP contribution in [0, 0.1) is 0 Å². The topological polar surface area (TPSA) is 43.1 Å². The molecule has 1 aliphatic rings. The minimum absolute atomic E-state index is 0.120. The van der Waals surface area contributed by atoms with Gasteiger partial charge in [-0.15, -0.1) is 0 Å². The lowest BCUT2D eigenvalue weighted by molar-refractivity contribution is 0.0964. The molecule has 0 fully saturated rings. The first-order valence-corrected chi connectivity index (χ1v) is 3.34. The van der Waals surface area contributed by atoms with Crippen LogP contribution in [0.2, 0.25) is 0 Å². The molecule has 2 rings (SSSR count). The highest BCUT2D eigenvalue weighted by Gasteiger charge is 2.20. The van der Waals surface area contributed by atoms with Gasteiger partial charge in [0, 0.05) is 12.0 Å². The normalized spacial score (nSPS) is 17.0. The fourth-order valence-corrected chi connectivity index (χ4v) is 1.22. The van der Waals surface area contributed by atoms with Gasteiger partial charge in [0.05, 0.1) is 0 Å². The molecule has 1 aromatic heterocycles. The molecule has 0 aromatic carbocycles. The van der Waals surface area contributed by atoms with Crippen LogP contribution in [0.3, 0.4) is 0 Å². The van der Waals surface area contributed by atoms with Crippen LogP contribution in [0.1, 0.15) is 28.9 Å². The van der Waals surface area contributed by atoms with Crippen molar-refractivity contribution in [2.75, 3.05) is 0 Å². The van der Waals surface area contributed by atoms with Crippen molar-refractivity contribution in [3.8, 4) is 0 Å². The number of carbonyl (C=O) groups excluding carboxylic acids is 1. The number of nitrogens with zero attached hydrogens (tertiary/aromatic N) is 1. The number of ketones is 1. The predicted octanol–water partition coefficient (Wildman–Crippen LogP) is 1.19. The molecular formula is C7H7NO2. The van der Waals surface area contributed by atoms with Crippen molar-refractivity contribution in [3.63, 3.8) is 0 Å². The van der Waals surface area contributed by atoms with E-state index in [0.29, 0.717) is 12.1 Å². The number of fused-ring (bicyclic) bond motifs is 1. The molecule has 0 amide bonds. The van der Waals surface area contributed by atoms with Gasteiger partial charge in [-0.05, 0) is 12.8 Å². The standard InChI is InChI=1S/C7H7NO2/c9-6-3-1-2-5-4-10-8-7(5)6/h4H,1-3H2. The number of carbonyl (C=O) groups is 1. The van der Waals surface area contributed by atoms with E-state index in [0.717, 1.165) is 18.4 Å². The minimum Gasteiger partial charge on any atom is -0.364 e. The maximum Gasteiger partial charge on any atom is 0.185 e. The Bertz CT molecular complexity index is 264. The van der Waals surface area contributed by atoms with Crippen molar-refractivity contribution in [1.29, 1.82) is 0 Å². The molecule has 1 aromatic rings. The van der Waals surface area contributed by atoms with Crippen molar-refractivity contribution in [1.82, 2.24) is 5.16 Å². The summed E-state index contributed by atoms with van der Waals surface area (Å²) >= 11 is 0. The molecule has 3 heteroatoms. The fraction of sp³-hybridized carbons (Fsp3) is 0.429. The van der Waals surface area contributed by atoms with E-state index < -0.39 is 0 Å². The molecule has 0 N–H and O–H groups in total. The highest BCUT2D eigenvalue weighted by atomic mass is 16.5. The molecule has 0 spiro atoms. The quantitative estimate of drug-likeness (QED) is 0.539. The molecule has 1 heterocycles. The summed E-state index contributed by atoms with van der Waals surface area (Å²) in [5, 5.41) is 3.61. The van der Waals surface area contributed by atoms with Gasteiger partial charge in [0.2, 0.25) is 0 Å². The Balaban J connectivity index is 2.50. The van der Waals surface area contributed by atoms with E-state index in [1.165, 1.54) is 0 Å². The highest BCUT2D eigenvalue weighted by Crippen LogP contribution is 2.18. The van der Waals surface area contributed by atoms with Crippen molar-refractivity contribution in [2.24, 2.45) is 0 Å². The Labute approximate surface area is 58.0 Å². The van der Waals surface area contributed by atoms with Gasteiger partial charge in [0.25, 0.3) is 0 Å². The summed E-state index contributed by atoms with van der Waals surface area (Å²) < 4.78 is 4.67. The Morgan fingerprint density at radius 1 is 1.50 bits per heavy atom. The molecule has 1 aliphatic carbocycles. The van der Waals surface area contributed by atoms with E-state index in [4.69, 9.17) is 0 Å². The number of hydrogen-bond donors (Lipinski definition) is 0. The fourth-order valence-electron chi connectivity index (χ4n) is 1.22. The third kappa shape index (κ3) is 0.667. The summed E-state index contributed by atoms with van der Waals surface area (Å²) in [6, 6.07) is 0. The average Bonchev–Trinajstić information content (AvgIpc) is 2.36. The molecule has 0 atom stereocenters. The Kier molecular flexibility index (Phi) is 1.09. The Morgan fingerprint density at radius 3 is 3.20 bits per heavy atom. The lowest BCUT2D eigenvalue weighted by Crippen LogP contribution is -2.09. The van der Waals surface area contributed by atoms with E-state index in [1.807, 2.05) is 0 Å². The molecule has 0 saturated carbocycles. The largest absolute Gasteiger partial charge is 0.364 e. The van der Waals surface area contributed by atoms with Crippen LogP contribution >= 0.6 is 0 Å². The molecule has 52 valence electrons. The number of hydrogen-bond acceptors (Lipinski definition) is 3. The van der Waals surface area contributed by atoms with E-state index >= 15 is 0 Å². The lowest BCUT2D eigenvalue weighted by atomic mass is 9.97. The highest BCUT2D eigenvalue weighted by molar-refractivity contribution is 5.96. The predicted molar refractivity (Wildman–Crippen MR) is 33.8 cm³/mol. The van der Waals surface area contributed by atoms with E-state index in [-0.39, 0.29) is 5.78 Å². The first-order valence-electron chi connectivity index (χ1n) is 3.34. The molecule has 0 saturated heterocycles. The van der Waals surface area contributed by atoms with Crippen molar-refractivity contribution < 1.29 is 9.32 Å². The van der Waals surface area contributed by atoms with Crippen molar-refractivity contribution in [3.05, 3.63) is 17.5 Å². The summed E-state index contributed by atoms with van der Waals surface area (Å²) in [4.78, 5) is 11.0. The van der Waals surface area contributed by atoms with Crippen molar-refractivity contribution in [2.45, 2.75) is 19.3 Å². The molecule has 10 heavy (non-hydrogen) atoms. The third-order valence-electron chi connectivity index (χ3n) is 1.76. The second-order valence-corrected chi connectivity index (χ2v) is 2.47. The zero-order valence-electron chi connectivity index (χ0n) is 5.46. The summed E-state index contributed by atoms with van der Waals surface area (Å²) in [6.45, 7) is 0. The first kappa shape index (κ1) is 5.65. The number of rotatable bonds is 0. The van der Waals surface area contributed by atoms with Gasteiger partial charge in [-0.1, -0.05) is 5.16 Å². The van der Waals surface area contributed by atoms with Crippen LogP contribution in [-0.2, 0) is 6.42 Å². The maximum absolute atomic E-state index is 11.0. The monoisotopic (exact) mass is 137 g/mol. The number of Topliss-reactive ketones (excluding diaryl/α,β-unsaturated/α-hetero) is 1. The van der Waals surface area contributed by atoms with Gasteiger partial charge >= 0.3 is 0 Å². The van der Waals surface area contributed by atoms with Crippen molar-refractivity contribution >= 4 is 5.78 Å². The van der Waals surface area contributed by atoms with Crippen LogP contribution in [0.4, 0.5) is 0 Å². The summed E-state index contributed by atoms with van der Waals surface area (Å²) in [6.07, 6.45) is 4.06. The molecule has 3 nitrogen and oxygen atoms in total. The molecular weight excluding hydrogens is 130 g/mol. The van der Waals surface area contributed by atoms with Gasteiger partial charge < -0.3 is 4.52 Å². The zero-order chi connectivity index (χ0) is 6.97. The van der Waals surface area contributed by atoms with E-state index in [9.17, 15) is 4.79 Å². The average molecular weight is 137 g/mol. The minimum atomic E-state index is 0.120. The van der Waals surface area contributed by atoms with Gasteiger partial charge in [-0.3, -0.25) is 4.79 Å². The molecule has 0 unspecified atom stereocenters. The van der Waals surface area contributed by atoms with Crippen LogP contribution in [0.15, 0.2) is 10.8 Å². The van der Waals surface area contributed by atoms with Crippen LogP contribution in [-0.4, -0.2) is 10.9 Å². The second kappa shape index (κ2) is 1.94. The third-order valence-corrected chi connectivity index (χ3v) is 1.76. The molecule has 0 radical (unpaired) electrons. The number of aryl methyl sites for hydroxylation is 1.